The molecule has 0 spiro atoms. The lowest BCUT2D eigenvalue weighted by Gasteiger charge is -2.12. The first-order valence-electron chi connectivity index (χ1n) is 16.8. The third-order valence-electron chi connectivity index (χ3n) is 10.3. The molecule has 0 fully saturated rings. The fourth-order valence-electron chi connectivity index (χ4n) is 8.14. The van der Waals surface area contributed by atoms with E-state index in [9.17, 15) is 0 Å². The van der Waals surface area contributed by atoms with Crippen LogP contribution in [0.1, 0.15) is 0 Å². The highest BCUT2D eigenvalue weighted by molar-refractivity contribution is 7.26. The molecule has 0 unspecified atom stereocenters. The second-order valence-corrected chi connectivity index (χ2v) is 14.0. The maximum Gasteiger partial charge on any atom is 0.0556 e. The lowest BCUT2D eigenvalue weighted by atomic mass is 10.00. The largest absolute Gasteiger partial charge is 0.309 e. The Bertz CT molecular complexity index is 3100. The summed E-state index contributed by atoms with van der Waals surface area (Å²) >= 11 is 1.91. The Hall–Kier alpha value is -6.16. The van der Waals surface area contributed by atoms with Gasteiger partial charge < -0.3 is 9.13 Å². The van der Waals surface area contributed by atoms with E-state index in [-0.39, 0.29) is 0 Å². The van der Waals surface area contributed by atoms with Gasteiger partial charge in [-0.2, -0.15) is 0 Å². The van der Waals surface area contributed by atoms with Gasteiger partial charge >= 0.3 is 0 Å². The summed E-state index contributed by atoms with van der Waals surface area (Å²) in [5.74, 6) is 0. The van der Waals surface area contributed by atoms with E-state index < -0.39 is 0 Å². The molecule has 3 heteroatoms. The molecule has 49 heavy (non-hydrogen) atoms. The van der Waals surface area contributed by atoms with Gasteiger partial charge in [0.15, 0.2) is 0 Å². The van der Waals surface area contributed by atoms with Crippen LogP contribution in [0.4, 0.5) is 0 Å². The van der Waals surface area contributed by atoms with Gasteiger partial charge in [-0.05, 0) is 77.2 Å². The van der Waals surface area contributed by atoms with E-state index in [1.165, 1.54) is 97.1 Å². The van der Waals surface area contributed by atoms with E-state index in [0.717, 1.165) is 0 Å². The van der Waals surface area contributed by atoms with E-state index in [1.807, 2.05) is 11.3 Å². The van der Waals surface area contributed by atoms with Crippen LogP contribution in [-0.4, -0.2) is 9.13 Å². The number of fused-ring (bicyclic) bond motifs is 11. The predicted molar refractivity (Wildman–Crippen MR) is 211 cm³/mol. The molecule has 0 atom stereocenters. The van der Waals surface area contributed by atoms with Crippen molar-refractivity contribution in [2.75, 3.05) is 0 Å². The molecule has 11 aromatic rings. The summed E-state index contributed by atoms with van der Waals surface area (Å²) < 4.78 is 7.54. The molecule has 3 aromatic heterocycles. The van der Waals surface area contributed by atoms with Crippen LogP contribution in [-0.2, 0) is 0 Å². The van der Waals surface area contributed by atoms with Crippen LogP contribution in [0.5, 0.6) is 0 Å². The van der Waals surface area contributed by atoms with Gasteiger partial charge in [0.2, 0.25) is 0 Å². The zero-order valence-electron chi connectivity index (χ0n) is 26.5. The van der Waals surface area contributed by atoms with Gasteiger partial charge in [0.05, 0.1) is 27.8 Å². The second kappa shape index (κ2) is 10.2. The van der Waals surface area contributed by atoms with Crippen LogP contribution in [0, 0.1) is 0 Å². The third-order valence-corrected chi connectivity index (χ3v) is 11.5. The van der Waals surface area contributed by atoms with Crippen molar-refractivity contribution in [2.24, 2.45) is 0 Å². The molecule has 0 amide bonds. The minimum absolute atomic E-state index is 1.18. The van der Waals surface area contributed by atoms with Crippen molar-refractivity contribution in [1.82, 2.24) is 9.13 Å². The number of aromatic nitrogens is 2. The fourth-order valence-corrected chi connectivity index (χ4v) is 9.40. The highest BCUT2D eigenvalue weighted by Gasteiger charge is 2.20. The molecular formula is C46H28N2S. The molecule has 2 nitrogen and oxygen atoms in total. The monoisotopic (exact) mass is 640 g/mol. The molecular weight excluding hydrogens is 613 g/mol. The van der Waals surface area contributed by atoms with Gasteiger partial charge in [0, 0.05) is 52.8 Å². The van der Waals surface area contributed by atoms with Crippen LogP contribution in [0.15, 0.2) is 170 Å². The topological polar surface area (TPSA) is 9.86 Å². The van der Waals surface area contributed by atoms with E-state index in [2.05, 4.69) is 179 Å². The summed E-state index contributed by atoms with van der Waals surface area (Å²) in [6, 6.07) is 62.4. The van der Waals surface area contributed by atoms with Crippen molar-refractivity contribution in [1.29, 1.82) is 0 Å². The Morgan fingerprint density at radius 3 is 1.86 bits per heavy atom. The molecule has 0 aliphatic rings. The van der Waals surface area contributed by atoms with Crippen LogP contribution in [0.2, 0.25) is 0 Å². The number of rotatable bonds is 3. The molecule has 0 aliphatic carbocycles. The van der Waals surface area contributed by atoms with Crippen molar-refractivity contribution in [3.8, 4) is 22.5 Å². The SMILES string of the molecule is c1ccc(-n2c3ccccc3c3cc(-c4ccc5c(c4)c4c6sc7ccccc7c6ccc4n5-c4cccc5ccccc45)ccc32)cc1. The van der Waals surface area contributed by atoms with E-state index in [0.29, 0.717) is 0 Å². The number of hydrogen-bond acceptors (Lipinski definition) is 1. The van der Waals surface area contributed by atoms with Crippen LogP contribution in [0.25, 0.3) is 97.1 Å². The van der Waals surface area contributed by atoms with Gasteiger partial charge in [0.25, 0.3) is 0 Å². The van der Waals surface area contributed by atoms with E-state index in [1.54, 1.807) is 0 Å². The predicted octanol–water partition coefficient (Wildman–Crippen LogP) is 13.1. The average molecular weight is 641 g/mol. The summed E-state index contributed by atoms with van der Waals surface area (Å²) in [6.45, 7) is 0. The van der Waals surface area contributed by atoms with Crippen molar-refractivity contribution in [3.05, 3.63) is 170 Å². The minimum atomic E-state index is 1.18. The Balaban J connectivity index is 1.21. The first-order chi connectivity index (χ1) is 24.3. The molecule has 0 saturated carbocycles. The molecule has 0 saturated heterocycles. The highest BCUT2D eigenvalue weighted by Crippen LogP contribution is 2.45. The number of benzene rings is 8. The van der Waals surface area contributed by atoms with Crippen LogP contribution in [0.3, 0.4) is 0 Å². The van der Waals surface area contributed by atoms with Crippen molar-refractivity contribution in [2.45, 2.75) is 0 Å². The number of hydrogen-bond donors (Lipinski definition) is 0. The first-order valence-corrected chi connectivity index (χ1v) is 17.6. The van der Waals surface area contributed by atoms with Crippen molar-refractivity contribution in [3.63, 3.8) is 0 Å². The standard InChI is InChI=1S/C46H28N2S/c1-2-13-32(14-3-1)47-40-18-8-6-16-34(40)37-27-30(21-24-41(37)47)31-22-25-42-38(28-31)45-43(26-23-36-35-17-7-9-20-44(35)49-46(36)45)48(42)39-19-10-12-29-11-4-5-15-33(29)39/h1-28H. The average Bonchev–Trinajstić information content (AvgIpc) is 3.82. The molecule has 228 valence electrons. The molecule has 8 aromatic carbocycles. The summed E-state index contributed by atoms with van der Waals surface area (Å²) in [5, 5.41) is 10.3. The smallest absolute Gasteiger partial charge is 0.0556 e. The van der Waals surface area contributed by atoms with Gasteiger partial charge in [0.1, 0.15) is 0 Å². The lowest BCUT2D eigenvalue weighted by molar-refractivity contribution is 1.18. The van der Waals surface area contributed by atoms with Crippen molar-refractivity contribution >= 4 is 85.9 Å². The summed E-state index contributed by atoms with van der Waals surface area (Å²) in [5.41, 5.74) is 9.74. The molecule has 0 N–H and O–H groups in total. The number of nitrogens with zero attached hydrogens (tertiary/aromatic N) is 2. The fraction of sp³-hybridized carbons (Fsp3) is 0. The summed E-state index contributed by atoms with van der Waals surface area (Å²) in [7, 11) is 0. The lowest BCUT2D eigenvalue weighted by Crippen LogP contribution is -1.95. The minimum Gasteiger partial charge on any atom is -0.309 e. The first kappa shape index (κ1) is 26.9. The Morgan fingerprint density at radius 1 is 0.367 bits per heavy atom. The van der Waals surface area contributed by atoms with Gasteiger partial charge in [-0.3, -0.25) is 0 Å². The third kappa shape index (κ3) is 3.82. The summed E-state index contributed by atoms with van der Waals surface area (Å²) in [6.07, 6.45) is 0. The molecule has 0 aliphatic heterocycles. The van der Waals surface area contributed by atoms with Crippen LogP contribution < -0.4 is 0 Å². The maximum absolute atomic E-state index is 2.48. The van der Waals surface area contributed by atoms with Crippen LogP contribution >= 0.6 is 11.3 Å². The Labute approximate surface area is 286 Å². The summed E-state index contributed by atoms with van der Waals surface area (Å²) in [4.78, 5) is 0. The molecule has 0 bridgehead atoms. The van der Waals surface area contributed by atoms with E-state index >= 15 is 0 Å². The quantitative estimate of drug-likeness (QED) is 0.182. The zero-order chi connectivity index (χ0) is 32.1. The van der Waals surface area contributed by atoms with Gasteiger partial charge in [-0.25, -0.2) is 0 Å². The van der Waals surface area contributed by atoms with Crippen molar-refractivity contribution < 1.29 is 0 Å². The molecule has 3 heterocycles. The second-order valence-electron chi connectivity index (χ2n) is 12.9. The normalized spacial score (nSPS) is 12.1. The Kier molecular flexibility index (Phi) is 5.57. The molecule has 0 radical (unpaired) electrons. The zero-order valence-corrected chi connectivity index (χ0v) is 27.3. The Morgan fingerprint density at radius 2 is 1.00 bits per heavy atom. The number of thiophene rings is 1. The van der Waals surface area contributed by atoms with Gasteiger partial charge in [-0.1, -0.05) is 109 Å². The van der Waals surface area contributed by atoms with E-state index in [4.69, 9.17) is 0 Å². The maximum atomic E-state index is 2.48. The number of para-hydroxylation sites is 2. The van der Waals surface area contributed by atoms with Gasteiger partial charge in [-0.15, -0.1) is 11.3 Å². The highest BCUT2D eigenvalue weighted by atomic mass is 32.1. The molecule has 11 rings (SSSR count).